The van der Waals surface area contributed by atoms with E-state index in [1.165, 1.54) is 31.4 Å². The molecule has 14 heavy (non-hydrogen) atoms. The first kappa shape index (κ1) is 8.78. The van der Waals surface area contributed by atoms with Crippen molar-refractivity contribution in [1.29, 1.82) is 0 Å². The van der Waals surface area contributed by atoms with Gasteiger partial charge in [0.2, 0.25) is 0 Å². The van der Waals surface area contributed by atoms with Crippen LogP contribution in [0.2, 0.25) is 0 Å². The van der Waals surface area contributed by atoms with Crippen LogP contribution in [0.25, 0.3) is 0 Å². The summed E-state index contributed by atoms with van der Waals surface area (Å²) in [5.74, 6) is 1.59. The van der Waals surface area contributed by atoms with E-state index in [2.05, 4.69) is 9.55 Å². The minimum absolute atomic E-state index is 0.584. The van der Waals surface area contributed by atoms with E-state index in [1.807, 2.05) is 12.5 Å². The Labute approximate surface area is 89.3 Å². The van der Waals surface area contributed by atoms with Gasteiger partial charge in [0.15, 0.2) is 0 Å². The number of aromatic nitrogens is 2. The van der Waals surface area contributed by atoms with Gasteiger partial charge in [0.05, 0.1) is 17.9 Å². The number of imidazole rings is 1. The maximum atomic E-state index is 5.86. The van der Waals surface area contributed by atoms with E-state index < -0.39 is 0 Å². The predicted molar refractivity (Wildman–Crippen MR) is 56.2 cm³/mol. The highest BCUT2D eigenvalue weighted by atomic mass is 35.5. The molecule has 0 N–H and O–H groups in total. The fourth-order valence-electron chi connectivity index (χ4n) is 2.49. The molecule has 2 nitrogen and oxygen atoms in total. The van der Waals surface area contributed by atoms with E-state index in [4.69, 9.17) is 11.6 Å². The van der Waals surface area contributed by atoms with Gasteiger partial charge in [-0.25, -0.2) is 4.98 Å². The minimum Gasteiger partial charge on any atom is -0.333 e. The average molecular weight is 211 g/mol. The fourth-order valence-corrected chi connectivity index (χ4v) is 2.72. The van der Waals surface area contributed by atoms with Crippen LogP contribution in [-0.4, -0.2) is 9.55 Å². The molecule has 0 saturated heterocycles. The molecular formula is C11H15ClN2. The number of hydrogen-bond acceptors (Lipinski definition) is 1. The highest BCUT2D eigenvalue weighted by Gasteiger charge is 2.53. The molecule has 1 aromatic rings. The maximum absolute atomic E-state index is 5.86. The summed E-state index contributed by atoms with van der Waals surface area (Å²) in [6, 6.07) is 0. The molecule has 0 radical (unpaired) electrons. The number of hydrogen-bond donors (Lipinski definition) is 0. The first-order valence-corrected chi connectivity index (χ1v) is 5.92. The van der Waals surface area contributed by atoms with Crippen LogP contribution < -0.4 is 0 Å². The second-order valence-electron chi connectivity index (χ2n) is 4.78. The molecular weight excluding hydrogens is 196 g/mol. The van der Waals surface area contributed by atoms with Crippen molar-refractivity contribution in [2.24, 2.45) is 11.3 Å². The van der Waals surface area contributed by atoms with Crippen LogP contribution in [0.4, 0.5) is 0 Å². The van der Waals surface area contributed by atoms with E-state index in [0.717, 1.165) is 12.5 Å². The minimum atomic E-state index is 0.584. The third-order valence-corrected chi connectivity index (χ3v) is 4.03. The first-order chi connectivity index (χ1) is 6.84. The van der Waals surface area contributed by atoms with Crippen molar-refractivity contribution in [2.45, 2.75) is 38.1 Å². The summed E-state index contributed by atoms with van der Waals surface area (Å²) >= 11 is 5.86. The smallest absolute Gasteiger partial charge is 0.0948 e. The Bertz CT molecular complexity index is 337. The second-order valence-corrected chi connectivity index (χ2v) is 5.05. The van der Waals surface area contributed by atoms with Gasteiger partial charge in [-0.1, -0.05) is 0 Å². The topological polar surface area (TPSA) is 17.8 Å². The van der Waals surface area contributed by atoms with Crippen LogP contribution in [0, 0.1) is 11.3 Å². The van der Waals surface area contributed by atoms with E-state index in [9.17, 15) is 0 Å². The van der Waals surface area contributed by atoms with E-state index in [-0.39, 0.29) is 0 Å². The van der Waals surface area contributed by atoms with Crippen molar-refractivity contribution in [3.63, 3.8) is 0 Å². The van der Waals surface area contributed by atoms with Gasteiger partial charge in [-0.15, -0.1) is 11.6 Å². The van der Waals surface area contributed by atoms with Crippen molar-refractivity contribution in [3.8, 4) is 0 Å². The lowest BCUT2D eigenvalue weighted by Gasteiger charge is -2.16. The van der Waals surface area contributed by atoms with Gasteiger partial charge >= 0.3 is 0 Å². The van der Waals surface area contributed by atoms with Crippen LogP contribution in [0.3, 0.4) is 0 Å². The summed E-state index contributed by atoms with van der Waals surface area (Å²) in [5, 5.41) is 0. The third-order valence-electron chi connectivity index (χ3n) is 3.76. The molecule has 2 aliphatic rings. The zero-order valence-electron chi connectivity index (χ0n) is 8.25. The van der Waals surface area contributed by atoms with Gasteiger partial charge in [-0.2, -0.15) is 0 Å². The molecule has 0 unspecified atom stereocenters. The highest BCUT2D eigenvalue weighted by molar-refractivity contribution is 6.16. The normalized spacial score (nSPS) is 23.8. The fraction of sp³-hybridized carbons (Fsp3) is 0.727. The lowest BCUT2D eigenvalue weighted by atomic mass is 10.0. The molecule has 2 saturated carbocycles. The lowest BCUT2D eigenvalue weighted by Crippen LogP contribution is -2.14. The molecule has 2 fully saturated rings. The molecule has 76 valence electrons. The quantitative estimate of drug-likeness (QED) is 0.699. The van der Waals surface area contributed by atoms with Crippen LogP contribution in [-0.2, 0) is 12.4 Å². The molecule has 0 aromatic carbocycles. The summed E-state index contributed by atoms with van der Waals surface area (Å²) in [7, 11) is 0. The standard InChI is InChI=1S/C11H15ClN2/c12-5-10-6-13-8-14(10)7-11(3-4-11)9-1-2-9/h6,8-9H,1-5,7H2. The summed E-state index contributed by atoms with van der Waals surface area (Å²) < 4.78 is 2.25. The monoisotopic (exact) mass is 210 g/mol. The average Bonchev–Trinajstić information content (AvgIpc) is 3.04. The van der Waals surface area contributed by atoms with Crippen molar-refractivity contribution in [1.82, 2.24) is 9.55 Å². The van der Waals surface area contributed by atoms with Crippen LogP contribution >= 0.6 is 11.6 Å². The molecule has 3 heteroatoms. The summed E-state index contributed by atoms with van der Waals surface area (Å²) in [5.41, 5.74) is 1.81. The van der Waals surface area contributed by atoms with Gasteiger partial charge in [-0.3, -0.25) is 0 Å². The summed E-state index contributed by atoms with van der Waals surface area (Å²) in [4.78, 5) is 4.16. The second kappa shape index (κ2) is 2.99. The van der Waals surface area contributed by atoms with Gasteiger partial charge in [0, 0.05) is 12.7 Å². The number of alkyl halides is 1. The van der Waals surface area contributed by atoms with Crippen LogP contribution in [0.1, 0.15) is 31.4 Å². The zero-order chi connectivity index (χ0) is 9.60. The Morgan fingerprint density at radius 1 is 1.50 bits per heavy atom. The SMILES string of the molecule is ClCc1cncn1CC1(C2CC2)CC1. The molecule has 0 atom stereocenters. The van der Waals surface area contributed by atoms with Gasteiger partial charge in [0.25, 0.3) is 0 Å². The Hall–Kier alpha value is -0.500. The number of rotatable bonds is 4. The largest absolute Gasteiger partial charge is 0.333 e. The van der Waals surface area contributed by atoms with E-state index in [0.29, 0.717) is 11.3 Å². The Balaban J connectivity index is 1.77. The summed E-state index contributed by atoms with van der Waals surface area (Å²) in [6.07, 6.45) is 9.54. The molecule has 0 spiro atoms. The molecule has 3 rings (SSSR count). The van der Waals surface area contributed by atoms with Gasteiger partial charge < -0.3 is 4.57 Å². The third kappa shape index (κ3) is 1.36. The van der Waals surface area contributed by atoms with E-state index in [1.54, 1.807) is 0 Å². The Morgan fingerprint density at radius 2 is 2.29 bits per heavy atom. The maximum Gasteiger partial charge on any atom is 0.0948 e. The molecule has 0 amide bonds. The Kier molecular flexibility index (Phi) is 1.88. The Morgan fingerprint density at radius 3 is 2.86 bits per heavy atom. The predicted octanol–water partition coefficient (Wildman–Crippen LogP) is 2.81. The van der Waals surface area contributed by atoms with Crippen molar-refractivity contribution in [3.05, 3.63) is 18.2 Å². The lowest BCUT2D eigenvalue weighted by molar-refractivity contribution is 0.366. The highest BCUT2D eigenvalue weighted by Crippen LogP contribution is 2.62. The molecule has 1 aromatic heterocycles. The van der Waals surface area contributed by atoms with Crippen LogP contribution in [0.5, 0.6) is 0 Å². The van der Waals surface area contributed by atoms with Gasteiger partial charge in [0.1, 0.15) is 0 Å². The van der Waals surface area contributed by atoms with Crippen molar-refractivity contribution < 1.29 is 0 Å². The first-order valence-electron chi connectivity index (χ1n) is 5.39. The summed E-state index contributed by atoms with van der Waals surface area (Å²) in [6.45, 7) is 1.15. The van der Waals surface area contributed by atoms with Gasteiger partial charge in [-0.05, 0) is 37.0 Å². The molecule has 1 heterocycles. The zero-order valence-corrected chi connectivity index (χ0v) is 9.00. The van der Waals surface area contributed by atoms with Crippen molar-refractivity contribution >= 4 is 11.6 Å². The number of halogens is 1. The molecule has 0 aliphatic heterocycles. The molecule has 0 bridgehead atoms. The molecule has 2 aliphatic carbocycles. The number of nitrogens with zero attached hydrogens (tertiary/aromatic N) is 2. The van der Waals surface area contributed by atoms with Crippen LogP contribution in [0.15, 0.2) is 12.5 Å². The van der Waals surface area contributed by atoms with E-state index >= 15 is 0 Å². The van der Waals surface area contributed by atoms with Crippen molar-refractivity contribution in [2.75, 3.05) is 0 Å².